The van der Waals surface area contributed by atoms with Gasteiger partial charge in [-0.2, -0.15) is 0 Å². The Kier molecular flexibility index (Phi) is 6.80. The molecule has 1 atom stereocenters. The van der Waals surface area contributed by atoms with Crippen LogP contribution in [0.25, 0.3) is 0 Å². The number of phenols is 1. The van der Waals surface area contributed by atoms with E-state index in [4.69, 9.17) is 9.57 Å². The van der Waals surface area contributed by atoms with E-state index in [2.05, 4.69) is 10.5 Å². The lowest BCUT2D eigenvalue weighted by Crippen LogP contribution is -2.41. The summed E-state index contributed by atoms with van der Waals surface area (Å²) in [7, 11) is 0. The highest BCUT2D eigenvalue weighted by molar-refractivity contribution is 6.04. The van der Waals surface area contributed by atoms with Crippen molar-refractivity contribution in [3.8, 4) is 5.75 Å². The molecule has 0 aliphatic carbocycles. The Bertz CT molecular complexity index is 893. The van der Waals surface area contributed by atoms with E-state index in [0.717, 1.165) is 0 Å². The summed E-state index contributed by atoms with van der Waals surface area (Å²) >= 11 is 0. The summed E-state index contributed by atoms with van der Waals surface area (Å²) in [6.45, 7) is 3.58. The van der Waals surface area contributed by atoms with E-state index in [-0.39, 0.29) is 11.7 Å². The van der Waals surface area contributed by atoms with E-state index < -0.39 is 12.0 Å². The zero-order valence-corrected chi connectivity index (χ0v) is 16.1. The van der Waals surface area contributed by atoms with Crippen molar-refractivity contribution in [2.75, 3.05) is 31.6 Å². The van der Waals surface area contributed by atoms with Gasteiger partial charge in [-0.3, -0.25) is 9.59 Å². The highest BCUT2D eigenvalue weighted by Gasteiger charge is 2.23. The monoisotopic (exact) mass is 397 g/mol. The van der Waals surface area contributed by atoms with Crippen LogP contribution in [0, 0.1) is 0 Å². The lowest BCUT2D eigenvalue weighted by atomic mass is 10.1. The number of aromatic hydroxyl groups is 1. The number of hydrogen-bond acceptors (Lipinski definition) is 6. The maximum Gasteiger partial charge on any atom is 0.268 e. The first kappa shape index (κ1) is 20.3. The maximum atomic E-state index is 12.8. The van der Waals surface area contributed by atoms with E-state index in [9.17, 15) is 14.7 Å². The van der Waals surface area contributed by atoms with Crippen molar-refractivity contribution in [2.45, 2.75) is 13.0 Å². The third kappa shape index (κ3) is 5.32. The highest BCUT2D eigenvalue weighted by Crippen LogP contribution is 2.19. The van der Waals surface area contributed by atoms with Crippen LogP contribution in [-0.2, 0) is 14.4 Å². The molecule has 1 unspecified atom stereocenters. The number of carbonyl (C=O) groups is 2. The Hall–Kier alpha value is -3.39. The number of benzene rings is 2. The van der Waals surface area contributed by atoms with E-state index >= 15 is 0 Å². The van der Waals surface area contributed by atoms with Crippen LogP contribution in [-0.4, -0.2) is 60.4 Å². The fourth-order valence-corrected chi connectivity index (χ4v) is 2.77. The molecule has 1 saturated heterocycles. The first-order chi connectivity index (χ1) is 14.1. The molecule has 0 bridgehead atoms. The molecule has 1 fully saturated rings. The molecule has 0 saturated carbocycles. The largest absolute Gasteiger partial charge is 0.507 e. The van der Waals surface area contributed by atoms with Crippen LogP contribution in [0.2, 0.25) is 0 Å². The van der Waals surface area contributed by atoms with Crippen molar-refractivity contribution in [3.63, 3.8) is 0 Å². The van der Waals surface area contributed by atoms with Crippen LogP contribution < -0.4 is 5.32 Å². The molecule has 3 rings (SSSR count). The third-order valence-electron chi connectivity index (χ3n) is 4.43. The van der Waals surface area contributed by atoms with Gasteiger partial charge in [0.2, 0.25) is 6.10 Å². The van der Waals surface area contributed by atoms with E-state index in [1.54, 1.807) is 54.3 Å². The maximum absolute atomic E-state index is 12.8. The zero-order chi connectivity index (χ0) is 20.6. The SMILES string of the molecule is CC(ON=Cc1ccccc1O)C(=O)Nc1ccccc1C(=O)N1CCOCC1. The molecule has 2 amide bonds. The Labute approximate surface area is 168 Å². The minimum atomic E-state index is -0.899. The van der Waals surface area contributed by atoms with Crippen molar-refractivity contribution >= 4 is 23.7 Å². The molecule has 0 aromatic heterocycles. The highest BCUT2D eigenvalue weighted by atomic mass is 16.6. The van der Waals surface area contributed by atoms with Crippen molar-refractivity contribution in [1.29, 1.82) is 0 Å². The minimum absolute atomic E-state index is 0.0625. The molecule has 2 N–H and O–H groups in total. The molecule has 2 aromatic rings. The fraction of sp³-hybridized carbons (Fsp3) is 0.286. The smallest absolute Gasteiger partial charge is 0.268 e. The molecule has 152 valence electrons. The number of ether oxygens (including phenoxy) is 1. The number of rotatable bonds is 6. The van der Waals surface area contributed by atoms with Crippen molar-refractivity contribution in [3.05, 3.63) is 59.7 Å². The van der Waals surface area contributed by atoms with E-state index in [1.165, 1.54) is 12.3 Å². The number of nitrogens with zero attached hydrogens (tertiary/aromatic N) is 2. The van der Waals surface area contributed by atoms with Gasteiger partial charge in [-0.1, -0.05) is 29.4 Å². The van der Waals surface area contributed by atoms with Crippen LogP contribution in [0.15, 0.2) is 53.7 Å². The number of amides is 2. The van der Waals surface area contributed by atoms with Gasteiger partial charge in [0, 0.05) is 18.7 Å². The first-order valence-electron chi connectivity index (χ1n) is 9.30. The van der Waals surface area contributed by atoms with Crippen LogP contribution in [0.1, 0.15) is 22.8 Å². The molecule has 8 heteroatoms. The summed E-state index contributed by atoms with van der Waals surface area (Å²) in [4.78, 5) is 32.1. The number of hydrogen-bond donors (Lipinski definition) is 2. The molecule has 1 aliphatic rings. The number of phenolic OH excluding ortho intramolecular Hbond substituents is 1. The molecule has 1 aliphatic heterocycles. The van der Waals surface area contributed by atoms with Crippen molar-refractivity contribution < 1.29 is 24.3 Å². The Morgan fingerprint density at radius 3 is 2.62 bits per heavy atom. The lowest BCUT2D eigenvalue weighted by Gasteiger charge is -2.27. The number of nitrogens with one attached hydrogen (secondary N) is 1. The predicted molar refractivity (Wildman–Crippen MR) is 108 cm³/mol. The third-order valence-corrected chi connectivity index (χ3v) is 4.43. The van der Waals surface area contributed by atoms with Gasteiger partial charge in [0.1, 0.15) is 5.75 Å². The van der Waals surface area contributed by atoms with Gasteiger partial charge in [-0.25, -0.2) is 0 Å². The van der Waals surface area contributed by atoms with Crippen molar-refractivity contribution in [2.24, 2.45) is 5.16 Å². The topological polar surface area (TPSA) is 100 Å². The normalized spacial score (nSPS) is 15.1. The fourth-order valence-electron chi connectivity index (χ4n) is 2.77. The zero-order valence-electron chi connectivity index (χ0n) is 16.1. The summed E-state index contributed by atoms with van der Waals surface area (Å²) in [5, 5.41) is 16.2. The molecular formula is C21H23N3O5. The molecule has 1 heterocycles. The Morgan fingerprint density at radius 2 is 1.86 bits per heavy atom. The summed E-state index contributed by atoms with van der Waals surface area (Å²) in [5.41, 5.74) is 1.29. The van der Waals surface area contributed by atoms with Crippen LogP contribution in [0.5, 0.6) is 5.75 Å². The van der Waals surface area contributed by atoms with Gasteiger partial charge in [-0.15, -0.1) is 0 Å². The number of morpholine rings is 1. The van der Waals surface area contributed by atoms with Gasteiger partial charge >= 0.3 is 0 Å². The average molecular weight is 397 g/mol. The molecule has 0 radical (unpaired) electrons. The van der Waals surface area contributed by atoms with Gasteiger partial charge < -0.3 is 24.9 Å². The quantitative estimate of drug-likeness (QED) is 0.575. The molecule has 0 spiro atoms. The summed E-state index contributed by atoms with van der Waals surface area (Å²) in [6.07, 6.45) is 0.429. The second kappa shape index (κ2) is 9.70. The summed E-state index contributed by atoms with van der Waals surface area (Å²) in [5.74, 6) is -0.537. The number of para-hydroxylation sites is 2. The molecule has 8 nitrogen and oxygen atoms in total. The van der Waals surface area contributed by atoms with Crippen LogP contribution >= 0.6 is 0 Å². The Balaban J connectivity index is 1.62. The van der Waals surface area contributed by atoms with E-state index in [0.29, 0.717) is 43.1 Å². The second-order valence-corrected chi connectivity index (χ2v) is 6.48. The Morgan fingerprint density at radius 1 is 1.17 bits per heavy atom. The molecule has 29 heavy (non-hydrogen) atoms. The molecular weight excluding hydrogens is 374 g/mol. The van der Waals surface area contributed by atoms with Gasteiger partial charge in [0.15, 0.2) is 0 Å². The standard InChI is InChI=1S/C21H23N3O5/c1-15(29-22-14-16-6-2-5-9-19(16)25)20(26)23-18-8-4-3-7-17(18)21(27)24-10-12-28-13-11-24/h2-9,14-15,25H,10-13H2,1H3,(H,23,26). The molecule has 2 aromatic carbocycles. The number of carbonyl (C=O) groups excluding carboxylic acids is 2. The number of anilines is 1. The minimum Gasteiger partial charge on any atom is -0.507 e. The van der Waals surface area contributed by atoms with Gasteiger partial charge in [0.25, 0.3) is 11.8 Å². The van der Waals surface area contributed by atoms with Crippen LogP contribution in [0.4, 0.5) is 5.69 Å². The van der Waals surface area contributed by atoms with Crippen LogP contribution in [0.3, 0.4) is 0 Å². The summed E-state index contributed by atoms with van der Waals surface area (Å²) in [6, 6.07) is 13.5. The number of oxime groups is 1. The first-order valence-corrected chi connectivity index (χ1v) is 9.30. The predicted octanol–water partition coefficient (Wildman–Crippen LogP) is 2.24. The second-order valence-electron chi connectivity index (χ2n) is 6.48. The van der Waals surface area contributed by atoms with Gasteiger partial charge in [-0.05, 0) is 31.2 Å². The average Bonchev–Trinajstić information content (AvgIpc) is 2.75. The summed E-state index contributed by atoms with van der Waals surface area (Å²) < 4.78 is 5.28. The van der Waals surface area contributed by atoms with Crippen molar-refractivity contribution in [1.82, 2.24) is 4.90 Å². The van der Waals surface area contributed by atoms with Gasteiger partial charge in [0.05, 0.1) is 30.7 Å². The van der Waals surface area contributed by atoms with E-state index in [1.807, 2.05) is 0 Å². The lowest BCUT2D eigenvalue weighted by molar-refractivity contribution is -0.126.